The Bertz CT molecular complexity index is 113. The smallest absolute Gasteiger partial charge is 0.0517 e. The van der Waals surface area contributed by atoms with E-state index >= 15 is 0 Å². The highest BCUT2D eigenvalue weighted by Crippen LogP contribution is 2.05. The Kier molecular flexibility index (Phi) is 5.51. The van der Waals surface area contributed by atoms with E-state index in [1.165, 1.54) is 0 Å². The second-order valence-corrected chi connectivity index (χ2v) is 8.89. The molecule has 65 valence electrons. The van der Waals surface area contributed by atoms with Gasteiger partial charge in [0.1, 0.15) is 0 Å². The van der Waals surface area contributed by atoms with E-state index < -0.39 is 8.07 Å². The quantitative estimate of drug-likeness (QED) is 0.497. The van der Waals surface area contributed by atoms with E-state index in [1.54, 1.807) is 0 Å². The lowest BCUT2D eigenvalue weighted by molar-refractivity contribution is 0.289. The fourth-order valence-corrected chi connectivity index (χ4v) is 1.38. The van der Waals surface area contributed by atoms with Crippen LogP contribution in [0.3, 0.4) is 0 Å². The number of hydrogen-bond acceptors (Lipinski definition) is 1. The molecule has 0 spiro atoms. The molecule has 2 heteroatoms. The van der Waals surface area contributed by atoms with Crippen LogP contribution < -0.4 is 0 Å². The van der Waals surface area contributed by atoms with E-state index in [-0.39, 0.29) is 0 Å². The van der Waals surface area contributed by atoms with Gasteiger partial charge in [0.15, 0.2) is 0 Å². The molecule has 0 aliphatic heterocycles. The molecule has 0 aromatic rings. The number of allylic oxidation sites excluding steroid dienone is 2. The molecule has 0 rings (SSSR count). The van der Waals surface area contributed by atoms with Gasteiger partial charge in [-0.05, 0) is 18.9 Å². The summed E-state index contributed by atoms with van der Waals surface area (Å²) < 4.78 is 0. The number of aliphatic hydroxyl groups excluding tert-OH is 1. The van der Waals surface area contributed by atoms with Gasteiger partial charge >= 0.3 is 0 Å². The fourth-order valence-electron chi connectivity index (χ4n) is 0.662. The van der Waals surface area contributed by atoms with E-state index in [0.29, 0.717) is 6.61 Å². The second kappa shape index (κ2) is 5.55. The predicted octanol–water partition coefficient (Wildman–Crippen LogP) is 2.40. The van der Waals surface area contributed by atoms with Crippen LogP contribution in [0.2, 0.25) is 19.6 Å². The minimum absolute atomic E-state index is 0.303. The van der Waals surface area contributed by atoms with Gasteiger partial charge in [-0.25, -0.2) is 0 Å². The predicted molar refractivity (Wildman–Crippen MR) is 53.1 cm³/mol. The lowest BCUT2D eigenvalue weighted by Crippen LogP contribution is -2.19. The molecule has 0 amide bonds. The van der Waals surface area contributed by atoms with Crippen molar-refractivity contribution in [3.05, 3.63) is 18.2 Å². The van der Waals surface area contributed by atoms with Crippen LogP contribution in [0.4, 0.5) is 0 Å². The third-order valence-corrected chi connectivity index (χ3v) is 2.45. The van der Waals surface area contributed by atoms with Crippen LogP contribution in [0.5, 0.6) is 0 Å². The first-order valence-electron chi connectivity index (χ1n) is 4.18. The molecule has 1 nitrogen and oxygen atoms in total. The maximum absolute atomic E-state index is 8.49. The number of aliphatic hydroxyl groups is 1. The molecule has 0 aromatic heterocycles. The van der Waals surface area contributed by atoms with E-state index in [4.69, 9.17) is 5.11 Å². The van der Waals surface area contributed by atoms with Crippen molar-refractivity contribution >= 4 is 8.07 Å². The van der Waals surface area contributed by atoms with Crippen LogP contribution in [0.1, 0.15) is 12.8 Å². The minimum atomic E-state index is -0.992. The largest absolute Gasteiger partial charge is 0.396 e. The van der Waals surface area contributed by atoms with Gasteiger partial charge in [0.25, 0.3) is 0 Å². The van der Waals surface area contributed by atoms with Gasteiger partial charge in [0.2, 0.25) is 0 Å². The summed E-state index contributed by atoms with van der Waals surface area (Å²) in [5, 5.41) is 8.49. The first-order valence-corrected chi connectivity index (χ1v) is 7.76. The molecule has 0 aliphatic carbocycles. The van der Waals surface area contributed by atoms with Crippen molar-refractivity contribution in [2.75, 3.05) is 6.61 Å². The molecular formula is C9H19OSi. The number of hydrogen-bond donors (Lipinski definition) is 1. The zero-order chi connectivity index (χ0) is 8.74. The molecule has 0 saturated carbocycles. The van der Waals surface area contributed by atoms with Crippen molar-refractivity contribution in [3.63, 3.8) is 0 Å². The molecule has 0 heterocycles. The number of unbranched alkanes of at least 4 members (excludes halogenated alkanes) is 1. The Morgan fingerprint density at radius 3 is 2.36 bits per heavy atom. The highest BCUT2D eigenvalue weighted by atomic mass is 28.3. The van der Waals surface area contributed by atoms with Crippen molar-refractivity contribution < 1.29 is 5.11 Å². The van der Waals surface area contributed by atoms with E-state index in [0.717, 1.165) is 12.8 Å². The Morgan fingerprint density at radius 2 is 1.91 bits per heavy atom. The lowest BCUT2D eigenvalue weighted by Gasteiger charge is -2.10. The molecule has 0 unspecified atom stereocenters. The summed E-state index contributed by atoms with van der Waals surface area (Å²) in [6, 6.07) is 2.31. The van der Waals surface area contributed by atoms with Gasteiger partial charge in [-0.3, -0.25) is 0 Å². The Labute approximate surface area is 71.1 Å². The molecule has 0 fully saturated rings. The van der Waals surface area contributed by atoms with Gasteiger partial charge in [-0.1, -0.05) is 31.8 Å². The standard InChI is InChI=1S/C9H19OSi/c1-11(2,3)9-7-5-4-6-8-10/h5,7,9-10H,4,6,8H2,1-3H3/b7-5+. The highest BCUT2D eigenvalue weighted by molar-refractivity contribution is 6.80. The highest BCUT2D eigenvalue weighted by Gasteiger charge is 2.09. The van der Waals surface area contributed by atoms with Crippen LogP contribution in [-0.2, 0) is 0 Å². The summed E-state index contributed by atoms with van der Waals surface area (Å²) in [4.78, 5) is 0. The Balaban J connectivity index is 3.30. The normalized spacial score (nSPS) is 12.7. The third-order valence-electron chi connectivity index (χ3n) is 1.26. The molecule has 1 radical (unpaired) electrons. The van der Waals surface area contributed by atoms with E-state index in [2.05, 4.69) is 37.8 Å². The maximum atomic E-state index is 8.49. The topological polar surface area (TPSA) is 20.2 Å². The van der Waals surface area contributed by atoms with Crippen molar-refractivity contribution in [2.24, 2.45) is 0 Å². The maximum Gasteiger partial charge on any atom is 0.0517 e. The van der Waals surface area contributed by atoms with Crippen molar-refractivity contribution in [3.8, 4) is 0 Å². The molecule has 0 aromatic carbocycles. The van der Waals surface area contributed by atoms with Gasteiger partial charge in [0.05, 0.1) is 8.07 Å². The van der Waals surface area contributed by atoms with Gasteiger partial charge < -0.3 is 5.11 Å². The average molecular weight is 171 g/mol. The van der Waals surface area contributed by atoms with Gasteiger partial charge in [-0.15, -0.1) is 0 Å². The zero-order valence-electron chi connectivity index (χ0n) is 7.80. The minimum Gasteiger partial charge on any atom is -0.396 e. The average Bonchev–Trinajstić information content (AvgIpc) is 1.85. The van der Waals surface area contributed by atoms with Gasteiger partial charge in [0, 0.05) is 6.61 Å². The monoisotopic (exact) mass is 171 g/mol. The second-order valence-electron chi connectivity index (χ2n) is 3.83. The van der Waals surface area contributed by atoms with Crippen LogP contribution in [0.25, 0.3) is 0 Å². The molecule has 0 saturated heterocycles. The summed E-state index contributed by atoms with van der Waals surface area (Å²) in [5.41, 5.74) is 0. The summed E-state index contributed by atoms with van der Waals surface area (Å²) >= 11 is 0. The van der Waals surface area contributed by atoms with E-state index in [1.807, 2.05) is 0 Å². The van der Waals surface area contributed by atoms with Gasteiger partial charge in [-0.2, -0.15) is 0 Å². The molecule has 0 bridgehead atoms. The first-order chi connectivity index (χ1) is 5.06. The van der Waals surface area contributed by atoms with Crippen molar-refractivity contribution in [2.45, 2.75) is 32.5 Å². The van der Waals surface area contributed by atoms with Crippen LogP contribution in [-0.4, -0.2) is 19.8 Å². The van der Waals surface area contributed by atoms with Crippen molar-refractivity contribution in [1.82, 2.24) is 0 Å². The SMILES string of the molecule is C[Si](C)(C)[CH]/C=C/CCCO. The molecule has 1 N–H and O–H groups in total. The fraction of sp³-hybridized carbons (Fsp3) is 0.667. The first kappa shape index (κ1) is 10.9. The summed E-state index contributed by atoms with van der Waals surface area (Å²) in [5.74, 6) is 0. The molecule has 0 aliphatic rings. The zero-order valence-corrected chi connectivity index (χ0v) is 8.80. The van der Waals surface area contributed by atoms with E-state index in [9.17, 15) is 0 Å². The van der Waals surface area contributed by atoms with Crippen LogP contribution >= 0.6 is 0 Å². The summed E-state index contributed by atoms with van der Waals surface area (Å²) in [6.45, 7) is 7.23. The summed E-state index contributed by atoms with van der Waals surface area (Å²) in [7, 11) is -0.992. The van der Waals surface area contributed by atoms with Crippen LogP contribution in [0, 0.1) is 6.04 Å². The Hall–Kier alpha value is -0.0831. The molecule has 11 heavy (non-hydrogen) atoms. The third kappa shape index (κ3) is 9.92. The number of rotatable bonds is 5. The summed E-state index contributed by atoms with van der Waals surface area (Å²) in [6.07, 6.45) is 6.16. The van der Waals surface area contributed by atoms with Crippen molar-refractivity contribution in [1.29, 1.82) is 0 Å². The van der Waals surface area contributed by atoms with Crippen LogP contribution in [0.15, 0.2) is 12.2 Å². The lowest BCUT2D eigenvalue weighted by atomic mass is 10.3. The Morgan fingerprint density at radius 1 is 1.27 bits per heavy atom. The molecular weight excluding hydrogens is 152 g/mol. The molecule has 0 atom stereocenters.